The first kappa shape index (κ1) is 42.4. The normalized spacial score (nSPS) is 14.0. The van der Waals surface area contributed by atoms with Crippen molar-refractivity contribution < 1.29 is 68.1 Å². The predicted octanol–water partition coefficient (Wildman–Crippen LogP) is 10.3. The fourth-order valence-electron chi connectivity index (χ4n) is 5.95. The number of nitrogens with one attached hydrogen (secondary N) is 1. The number of amides is 2. The van der Waals surface area contributed by atoms with Crippen LogP contribution in [0.25, 0.3) is 11.1 Å². The topological polar surface area (TPSA) is 94.2 Å². The zero-order valence-corrected chi connectivity index (χ0v) is 30.5. The van der Waals surface area contributed by atoms with Crippen LogP contribution in [0.5, 0.6) is 5.75 Å². The van der Waals surface area contributed by atoms with Crippen LogP contribution in [0.3, 0.4) is 0 Å². The monoisotopic (exact) mass is 810 g/mol. The first-order chi connectivity index (χ1) is 26.5. The van der Waals surface area contributed by atoms with Crippen molar-refractivity contribution in [3.05, 3.63) is 124 Å². The number of alkyl halides is 9. The molecule has 0 saturated heterocycles. The number of carbonyl (C=O) groups excluding carboxylic acids is 3. The Morgan fingerprint density at radius 3 is 2.04 bits per heavy atom. The summed E-state index contributed by atoms with van der Waals surface area (Å²) in [4.78, 5) is 40.4. The molecular weight excluding hydrogens is 775 g/mol. The average Bonchev–Trinajstić information content (AvgIpc) is 3.12. The van der Waals surface area contributed by atoms with Crippen LogP contribution in [-0.2, 0) is 52.4 Å². The van der Waals surface area contributed by atoms with E-state index < -0.39 is 77.0 Å². The molecule has 0 bridgehead atoms. The molecule has 2 amide bonds. The number of halogens is 9. The van der Waals surface area contributed by atoms with Gasteiger partial charge in [-0.05, 0) is 103 Å². The van der Waals surface area contributed by atoms with Crippen molar-refractivity contribution in [3.63, 3.8) is 0 Å². The molecular formula is C40H35F9N2O6. The van der Waals surface area contributed by atoms with E-state index in [-0.39, 0.29) is 30.8 Å². The van der Waals surface area contributed by atoms with Crippen LogP contribution < -0.4 is 10.1 Å². The Morgan fingerprint density at radius 2 is 1.40 bits per heavy atom. The summed E-state index contributed by atoms with van der Waals surface area (Å²) in [6.45, 7) is 3.62. The maximum atomic E-state index is 14.5. The number of hydrogen-bond acceptors (Lipinski definition) is 6. The number of benzene rings is 4. The van der Waals surface area contributed by atoms with Gasteiger partial charge < -0.3 is 24.4 Å². The van der Waals surface area contributed by atoms with Crippen molar-refractivity contribution in [2.75, 3.05) is 13.1 Å². The zero-order valence-electron chi connectivity index (χ0n) is 30.5. The zero-order chi connectivity index (χ0) is 41.9. The number of fused-ring (bicyclic) bond motifs is 1. The van der Waals surface area contributed by atoms with E-state index in [4.69, 9.17) is 14.2 Å². The smallest absolute Gasteiger partial charge is 0.419 e. The van der Waals surface area contributed by atoms with Crippen LogP contribution in [-0.4, -0.2) is 41.7 Å². The Kier molecular flexibility index (Phi) is 12.2. The molecule has 0 aromatic heterocycles. The summed E-state index contributed by atoms with van der Waals surface area (Å²) in [6, 6.07) is 15.8. The van der Waals surface area contributed by atoms with Crippen LogP contribution in [0.2, 0.25) is 0 Å². The second kappa shape index (κ2) is 16.4. The number of rotatable bonds is 8. The Hall–Kier alpha value is -5.74. The molecule has 1 atom stereocenters. The van der Waals surface area contributed by atoms with Crippen LogP contribution >= 0.6 is 0 Å². The summed E-state index contributed by atoms with van der Waals surface area (Å²) in [6.07, 6.45) is -16.5. The van der Waals surface area contributed by atoms with Crippen molar-refractivity contribution in [3.8, 4) is 16.9 Å². The van der Waals surface area contributed by atoms with Gasteiger partial charge in [-0.1, -0.05) is 42.5 Å². The summed E-state index contributed by atoms with van der Waals surface area (Å²) in [5, 5.41) is 2.15. The largest absolute Gasteiger partial charge is 0.489 e. The minimum atomic E-state index is -5.11. The molecule has 5 rings (SSSR count). The third-order valence-corrected chi connectivity index (χ3v) is 8.71. The van der Waals surface area contributed by atoms with Crippen LogP contribution in [0, 0.1) is 0 Å². The van der Waals surface area contributed by atoms with E-state index in [9.17, 15) is 53.9 Å². The van der Waals surface area contributed by atoms with Gasteiger partial charge in [-0.3, -0.25) is 4.79 Å². The summed E-state index contributed by atoms with van der Waals surface area (Å²) >= 11 is 0. The van der Waals surface area contributed by atoms with Crippen LogP contribution in [0.4, 0.5) is 49.1 Å². The second-order valence-corrected chi connectivity index (χ2v) is 14.1. The lowest BCUT2D eigenvalue weighted by molar-refractivity contribution is -0.157. The first-order valence-corrected chi connectivity index (χ1v) is 17.2. The van der Waals surface area contributed by atoms with Gasteiger partial charge >= 0.3 is 36.7 Å². The molecule has 0 aliphatic carbocycles. The van der Waals surface area contributed by atoms with Gasteiger partial charge in [0, 0.05) is 19.6 Å². The highest BCUT2D eigenvalue weighted by Crippen LogP contribution is 2.40. The quantitative estimate of drug-likeness (QED) is 0.108. The Bertz CT molecular complexity index is 2110. The molecule has 304 valence electrons. The van der Waals surface area contributed by atoms with E-state index in [0.717, 1.165) is 42.0 Å². The number of nitrogens with zero attached hydrogens (tertiary/aromatic N) is 1. The van der Waals surface area contributed by atoms with Gasteiger partial charge in [0.15, 0.2) is 0 Å². The molecule has 0 radical (unpaired) electrons. The van der Waals surface area contributed by atoms with E-state index >= 15 is 0 Å². The van der Waals surface area contributed by atoms with Gasteiger partial charge in [0.25, 0.3) is 0 Å². The summed E-state index contributed by atoms with van der Waals surface area (Å²) in [5.41, 5.74) is -3.51. The minimum absolute atomic E-state index is 0.0351. The summed E-state index contributed by atoms with van der Waals surface area (Å²) < 4.78 is 138. The Labute approximate surface area is 320 Å². The molecule has 1 aliphatic rings. The summed E-state index contributed by atoms with van der Waals surface area (Å²) in [5.74, 6) is -2.62. The molecule has 1 N–H and O–H groups in total. The second-order valence-electron chi connectivity index (χ2n) is 14.1. The van der Waals surface area contributed by atoms with Crippen molar-refractivity contribution in [1.29, 1.82) is 0 Å². The van der Waals surface area contributed by atoms with Crippen LogP contribution in [0.15, 0.2) is 84.9 Å². The molecule has 57 heavy (non-hydrogen) atoms. The Morgan fingerprint density at radius 1 is 0.737 bits per heavy atom. The molecule has 1 unspecified atom stereocenters. The van der Waals surface area contributed by atoms with Crippen molar-refractivity contribution >= 4 is 18.2 Å². The molecule has 0 fully saturated rings. The summed E-state index contributed by atoms with van der Waals surface area (Å²) in [7, 11) is 0. The molecule has 4 aromatic rings. The molecule has 17 heteroatoms. The standard InChI is InChI=1S/C40H35F9N2O6/c1-37(2,3)57-34(52)32(31-14-10-26(19-33(31)40(47,48)49)25-5-4-6-29(17-25)39(44,45)46)20-50-35(53)56-36(54)51-16-15-24-9-13-30(18-27(24)21-51)55-22-23-7-11-28(12-8-23)38(41,42)43/h4-14,17-19,32H,15-16,20-22H2,1-3H3,(H,50,53). The number of alkyl carbamates (subject to hydrolysis) is 1. The lowest BCUT2D eigenvalue weighted by Crippen LogP contribution is -2.41. The molecule has 0 saturated carbocycles. The fourth-order valence-corrected chi connectivity index (χ4v) is 5.95. The lowest BCUT2D eigenvalue weighted by atomic mass is 9.90. The van der Waals surface area contributed by atoms with Gasteiger partial charge in [0.2, 0.25) is 0 Å². The highest BCUT2D eigenvalue weighted by molar-refractivity contribution is 5.85. The van der Waals surface area contributed by atoms with E-state index in [1.54, 1.807) is 18.2 Å². The maximum Gasteiger partial charge on any atom is 0.419 e. The molecule has 4 aromatic carbocycles. The third kappa shape index (κ3) is 11.2. The number of esters is 1. The number of hydrogen-bond donors (Lipinski definition) is 1. The van der Waals surface area contributed by atoms with Gasteiger partial charge in [0.05, 0.1) is 22.6 Å². The van der Waals surface area contributed by atoms with Crippen LogP contribution in [0.1, 0.15) is 65.6 Å². The Balaban J connectivity index is 1.27. The van der Waals surface area contributed by atoms with Gasteiger partial charge in [-0.15, -0.1) is 0 Å². The fraction of sp³-hybridized carbons (Fsp3) is 0.325. The molecule has 0 spiro atoms. The average molecular weight is 811 g/mol. The lowest BCUT2D eigenvalue weighted by Gasteiger charge is -2.28. The minimum Gasteiger partial charge on any atom is -0.489 e. The molecule has 1 aliphatic heterocycles. The van der Waals surface area contributed by atoms with E-state index in [0.29, 0.717) is 35.4 Å². The SMILES string of the molecule is CC(C)(C)OC(=O)C(CNC(=O)OC(=O)N1CCc2ccc(OCc3ccc(C(F)(F)F)cc3)cc2C1)c1ccc(-c2cccc(C(F)(F)F)c2)cc1C(F)(F)F. The highest BCUT2D eigenvalue weighted by atomic mass is 19.4. The van der Waals surface area contributed by atoms with Crippen molar-refractivity contribution in [1.82, 2.24) is 10.2 Å². The van der Waals surface area contributed by atoms with Crippen molar-refractivity contribution in [2.24, 2.45) is 0 Å². The van der Waals surface area contributed by atoms with E-state index in [1.165, 1.54) is 43.9 Å². The van der Waals surface area contributed by atoms with Gasteiger partial charge in [-0.25, -0.2) is 9.59 Å². The number of carbonyl (C=O) groups is 3. The van der Waals surface area contributed by atoms with Crippen molar-refractivity contribution in [2.45, 2.75) is 70.4 Å². The number of ether oxygens (including phenoxy) is 3. The predicted molar refractivity (Wildman–Crippen MR) is 187 cm³/mol. The molecule has 1 heterocycles. The van der Waals surface area contributed by atoms with Gasteiger partial charge in [-0.2, -0.15) is 39.5 Å². The first-order valence-electron chi connectivity index (χ1n) is 17.2. The highest BCUT2D eigenvalue weighted by Gasteiger charge is 2.39. The van der Waals surface area contributed by atoms with Gasteiger partial charge in [0.1, 0.15) is 18.0 Å². The maximum absolute atomic E-state index is 14.5. The van der Waals surface area contributed by atoms with E-state index in [1.807, 2.05) is 0 Å². The third-order valence-electron chi connectivity index (χ3n) is 8.71. The molecule has 8 nitrogen and oxygen atoms in total. The van der Waals surface area contributed by atoms with E-state index in [2.05, 4.69) is 5.32 Å².